The number of hydrogen-bond donors (Lipinski definition) is 1. The van der Waals surface area contributed by atoms with E-state index < -0.39 is 0 Å². The molecule has 1 saturated heterocycles. The molecule has 1 saturated carbocycles. The fourth-order valence-electron chi connectivity index (χ4n) is 4.65. The Morgan fingerprint density at radius 3 is 2.48 bits per heavy atom. The zero-order chi connectivity index (χ0) is 20.1. The number of carbonyl (C=O) groups is 1. The van der Waals surface area contributed by atoms with Gasteiger partial charge in [-0.1, -0.05) is 49.6 Å². The molecule has 0 unspecified atom stereocenters. The Bertz CT molecular complexity index is 790. The molecule has 29 heavy (non-hydrogen) atoms. The van der Waals surface area contributed by atoms with Crippen LogP contribution in [0.25, 0.3) is 11.3 Å². The van der Waals surface area contributed by atoms with Crippen LogP contribution < -0.4 is 5.73 Å². The highest BCUT2D eigenvalue weighted by molar-refractivity contribution is 5.77. The lowest BCUT2D eigenvalue weighted by Crippen LogP contribution is -2.50. The van der Waals surface area contributed by atoms with E-state index in [1.807, 2.05) is 35.2 Å². The van der Waals surface area contributed by atoms with E-state index in [2.05, 4.69) is 9.88 Å². The first kappa shape index (κ1) is 20.1. The minimum absolute atomic E-state index is 0.0401. The van der Waals surface area contributed by atoms with Crippen molar-refractivity contribution in [2.45, 2.75) is 45.1 Å². The van der Waals surface area contributed by atoms with Crippen molar-refractivity contribution in [3.63, 3.8) is 0 Å². The minimum Gasteiger partial charge on any atom is -0.439 e. The summed E-state index contributed by atoms with van der Waals surface area (Å²) >= 11 is 0. The Balaban J connectivity index is 1.27. The van der Waals surface area contributed by atoms with Crippen molar-refractivity contribution < 1.29 is 9.21 Å². The summed E-state index contributed by atoms with van der Waals surface area (Å²) in [5.74, 6) is 1.81. The Hall–Kier alpha value is -2.18. The van der Waals surface area contributed by atoms with E-state index in [1.165, 1.54) is 19.3 Å². The maximum Gasteiger partial charge on any atom is 0.223 e. The summed E-state index contributed by atoms with van der Waals surface area (Å²) in [5, 5.41) is 0. The number of nitrogens with zero attached hydrogens (tertiary/aromatic N) is 3. The zero-order valence-corrected chi connectivity index (χ0v) is 17.2. The van der Waals surface area contributed by atoms with Crippen molar-refractivity contribution in [3.8, 4) is 11.3 Å². The molecule has 1 aliphatic carbocycles. The van der Waals surface area contributed by atoms with E-state index in [4.69, 9.17) is 10.2 Å². The third kappa shape index (κ3) is 4.87. The summed E-state index contributed by atoms with van der Waals surface area (Å²) in [6.07, 6.45) is 8.30. The van der Waals surface area contributed by atoms with Gasteiger partial charge in [0.2, 0.25) is 11.8 Å². The fraction of sp³-hybridized carbons (Fsp3) is 0.565. The van der Waals surface area contributed by atoms with Gasteiger partial charge in [0.15, 0.2) is 5.76 Å². The molecule has 1 aromatic heterocycles. The summed E-state index contributed by atoms with van der Waals surface area (Å²) < 4.78 is 5.93. The summed E-state index contributed by atoms with van der Waals surface area (Å²) in [5.41, 5.74) is 7.15. The molecule has 156 valence electrons. The van der Waals surface area contributed by atoms with Gasteiger partial charge in [0.25, 0.3) is 0 Å². The molecule has 0 spiro atoms. The Morgan fingerprint density at radius 1 is 1.07 bits per heavy atom. The highest BCUT2D eigenvalue weighted by Crippen LogP contribution is 2.38. The normalized spacial score (nSPS) is 20.0. The molecule has 2 N–H and O–H groups in total. The van der Waals surface area contributed by atoms with Crippen molar-refractivity contribution in [2.24, 2.45) is 11.1 Å². The molecule has 2 aliphatic rings. The molecule has 0 bridgehead atoms. The van der Waals surface area contributed by atoms with E-state index in [0.717, 1.165) is 56.2 Å². The van der Waals surface area contributed by atoms with Gasteiger partial charge in [-0.25, -0.2) is 4.98 Å². The molecule has 2 aromatic rings. The van der Waals surface area contributed by atoms with Crippen LogP contribution in [0.4, 0.5) is 0 Å². The minimum atomic E-state index is 0.0401. The quantitative estimate of drug-likeness (QED) is 0.811. The maximum absolute atomic E-state index is 12.9. The largest absolute Gasteiger partial charge is 0.439 e. The number of aromatic nitrogens is 1. The molecule has 1 aromatic carbocycles. The van der Waals surface area contributed by atoms with Gasteiger partial charge in [-0.15, -0.1) is 0 Å². The molecule has 2 heterocycles. The van der Waals surface area contributed by atoms with Crippen LogP contribution in [-0.2, 0) is 11.3 Å². The number of benzene rings is 1. The summed E-state index contributed by atoms with van der Waals surface area (Å²) in [4.78, 5) is 21.6. The zero-order valence-electron chi connectivity index (χ0n) is 17.2. The highest BCUT2D eigenvalue weighted by Gasteiger charge is 2.35. The van der Waals surface area contributed by atoms with E-state index >= 15 is 0 Å². The summed E-state index contributed by atoms with van der Waals surface area (Å²) in [6, 6.07) is 10.0. The van der Waals surface area contributed by atoms with Crippen LogP contribution in [0.3, 0.4) is 0 Å². The number of hydrogen-bond acceptors (Lipinski definition) is 5. The maximum atomic E-state index is 12.9. The monoisotopic (exact) mass is 396 g/mol. The van der Waals surface area contributed by atoms with Crippen LogP contribution in [0.5, 0.6) is 0 Å². The standard InChI is InChI=1S/C23H32N4O2/c24-18-23(9-5-2-6-10-23)15-22(28)27-13-11-26(12-14-27)17-21-25-16-20(29-21)19-7-3-1-4-8-19/h1,3-4,7-8,16H,2,5-6,9-15,17-18,24H2. The number of amides is 1. The molecule has 0 atom stereocenters. The number of oxazole rings is 1. The van der Waals surface area contributed by atoms with Crippen LogP contribution in [0, 0.1) is 5.41 Å². The topological polar surface area (TPSA) is 75.6 Å². The van der Waals surface area contributed by atoms with Gasteiger partial charge >= 0.3 is 0 Å². The molecular formula is C23H32N4O2. The molecule has 6 nitrogen and oxygen atoms in total. The Morgan fingerprint density at radius 2 is 1.79 bits per heavy atom. The van der Waals surface area contributed by atoms with E-state index in [0.29, 0.717) is 19.5 Å². The average molecular weight is 397 g/mol. The van der Waals surface area contributed by atoms with Gasteiger partial charge in [-0.2, -0.15) is 0 Å². The van der Waals surface area contributed by atoms with Crippen molar-refractivity contribution >= 4 is 5.91 Å². The van der Waals surface area contributed by atoms with E-state index in [-0.39, 0.29) is 11.3 Å². The fourth-order valence-corrected chi connectivity index (χ4v) is 4.65. The van der Waals surface area contributed by atoms with Crippen LogP contribution in [0.2, 0.25) is 0 Å². The molecule has 1 aliphatic heterocycles. The van der Waals surface area contributed by atoms with Crippen molar-refractivity contribution in [2.75, 3.05) is 32.7 Å². The molecule has 0 radical (unpaired) electrons. The second-order valence-electron chi connectivity index (χ2n) is 8.58. The van der Waals surface area contributed by atoms with Crippen LogP contribution in [-0.4, -0.2) is 53.4 Å². The van der Waals surface area contributed by atoms with Gasteiger partial charge in [-0.05, 0) is 24.8 Å². The van der Waals surface area contributed by atoms with Crippen molar-refractivity contribution in [3.05, 3.63) is 42.4 Å². The van der Waals surface area contributed by atoms with Gasteiger partial charge in [0.1, 0.15) is 0 Å². The second-order valence-corrected chi connectivity index (χ2v) is 8.58. The average Bonchev–Trinajstić information content (AvgIpc) is 3.24. The van der Waals surface area contributed by atoms with Gasteiger partial charge in [0, 0.05) is 38.2 Å². The molecule has 1 amide bonds. The first-order chi connectivity index (χ1) is 14.2. The van der Waals surface area contributed by atoms with Crippen molar-refractivity contribution in [1.82, 2.24) is 14.8 Å². The summed E-state index contributed by atoms with van der Waals surface area (Å²) in [6.45, 7) is 4.56. The number of nitrogens with two attached hydrogens (primary N) is 1. The molecule has 2 fully saturated rings. The molecule has 4 rings (SSSR count). The predicted octanol–water partition coefficient (Wildman–Crippen LogP) is 3.29. The summed E-state index contributed by atoms with van der Waals surface area (Å²) in [7, 11) is 0. The van der Waals surface area contributed by atoms with Gasteiger partial charge in [-0.3, -0.25) is 9.69 Å². The SMILES string of the molecule is NCC1(CC(=O)N2CCN(Cc3ncc(-c4ccccc4)o3)CC2)CCCCC1. The predicted molar refractivity (Wildman–Crippen MR) is 113 cm³/mol. The molecular weight excluding hydrogens is 364 g/mol. The van der Waals surface area contributed by atoms with Gasteiger partial charge < -0.3 is 15.1 Å². The number of carbonyl (C=O) groups excluding carboxylic acids is 1. The van der Waals surface area contributed by atoms with Crippen LogP contribution >= 0.6 is 0 Å². The third-order valence-corrected chi connectivity index (χ3v) is 6.57. The molecule has 6 heteroatoms. The number of piperazine rings is 1. The van der Waals surface area contributed by atoms with Crippen LogP contribution in [0.15, 0.2) is 40.9 Å². The smallest absolute Gasteiger partial charge is 0.223 e. The van der Waals surface area contributed by atoms with Crippen LogP contribution in [0.1, 0.15) is 44.4 Å². The Labute approximate surface area is 173 Å². The van der Waals surface area contributed by atoms with E-state index in [9.17, 15) is 4.79 Å². The van der Waals surface area contributed by atoms with Crippen molar-refractivity contribution in [1.29, 1.82) is 0 Å². The Kier molecular flexibility index (Phi) is 6.31. The first-order valence-electron chi connectivity index (χ1n) is 10.9. The lowest BCUT2D eigenvalue weighted by molar-refractivity contribution is -0.136. The highest BCUT2D eigenvalue weighted by atomic mass is 16.4. The van der Waals surface area contributed by atoms with E-state index in [1.54, 1.807) is 6.20 Å². The first-order valence-corrected chi connectivity index (χ1v) is 10.9. The second kappa shape index (κ2) is 9.09. The third-order valence-electron chi connectivity index (χ3n) is 6.57. The lowest BCUT2D eigenvalue weighted by atomic mass is 9.71. The van der Waals surface area contributed by atoms with Gasteiger partial charge in [0.05, 0.1) is 12.7 Å². The lowest BCUT2D eigenvalue weighted by Gasteiger charge is -2.39. The number of rotatable bonds is 6.